The van der Waals surface area contributed by atoms with E-state index in [9.17, 15) is 0 Å². The summed E-state index contributed by atoms with van der Waals surface area (Å²) in [4.78, 5) is 0. The van der Waals surface area contributed by atoms with E-state index in [0.717, 1.165) is 12.4 Å². The Kier molecular flexibility index (Phi) is 6.66. The van der Waals surface area contributed by atoms with Crippen LogP contribution in [-0.2, 0) is 10.2 Å². The Morgan fingerprint density at radius 3 is 1.88 bits per heavy atom. The van der Waals surface area contributed by atoms with Crippen LogP contribution in [0.3, 0.4) is 0 Å². The number of benzene rings is 2. The Balaban J connectivity index is 0.00000109. The third-order valence-corrected chi connectivity index (χ3v) is 4.71. The van der Waals surface area contributed by atoms with E-state index >= 15 is 0 Å². The van der Waals surface area contributed by atoms with E-state index in [0.29, 0.717) is 18.6 Å². The van der Waals surface area contributed by atoms with Crippen LogP contribution in [-0.4, -0.2) is 19.3 Å². The van der Waals surface area contributed by atoms with Crippen molar-refractivity contribution in [3.8, 4) is 5.75 Å². The zero-order chi connectivity index (χ0) is 18.4. The molecule has 2 aromatic rings. The lowest BCUT2D eigenvalue weighted by molar-refractivity contribution is 0.263. The molecule has 25 heavy (non-hydrogen) atoms. The van der Waals surface area contributed by atoms with Crippen LogP contribution in [0, 0.1) is 0 Å². The van der Waals surface area contributed by atoms with Crippen molar-refractivity contribution < 1.29 is 9.47 Å². The molecule has 1 aliphatic heterocycles. The second-order valence-electron chi connectivity index (χ2n) is 7.19. The quantitative estimate of drug-likeness (QED) is 0.607. The predicted octanol–water partition coefficient (Wildman–Crippen LogP) is 5.94. The summed E-state index contributed by atoms with van der Waals surface area (Å²) in [5, 5.41) is 0. The molecule has 2 nitrogen and oxygen atoms in total. The molecule has 2 aromatic carbocycles. The third kappa shape index (κ3) is 5.09. The molecular weight excluding hydrogens is 308 g/mol. The normalized spacial score (nSPS) is 16.2. The monoisotopic (exact) mass is 340 g/mol. The van der Waals surface area contributed by atoms with Crippen LogP contribution >= 0.6 is 0 Å². The summed E-state index contributed by atoms with van der Waals surface area (Å²) >= 11 is 0. The van der Waals surface area contributed by atoms with Crippen LogP contribution in [0.2, 0.25) is 0 Å². The number of ether oxygens (including phenoxy) is 2. The molecule has 0 spiro atoms. The maximum Gasteiger partial charge on any atom is 0.119 e. The van der Waals surface area contributed by atoms with E-state index in [1.165, 1.54) is 16.7 Å². The van der Waals surface area contributed by atoms with Gasteiger partial charge in [-0.3, -0.25) is 0 Å². The summed E-state index contributed by atoms with van der Waals surface area (Å²) < 4.78 is 10.9. The smallest absolute Gasteiger partial charge is 0.119 e. The van der Waals surface area contributed by atoms with Crippen molar-refractivity contribution in [1.82, 2.24) is 0 Å². The first kappa shape index (κ1) is 19.5. The van der Waals surface area contributed by atoms with E-state index in [-0.39, 0.29) is 5.41 Å². The predicted molar refractivity (Wildman–Crippen MR) is 106 cm³/mol. The topological polar surface area (TPSA) is 21.8 Å². The fourth-order valence-corrected chi connectivity index (χ4v) is 2.77. The lowest BCUT2D eigenvalue weighted by Gasteiger charge is -2.26. The second-order valence-corrected chi connectivity index (χ2v) is 7.19. The molecule has 0 bridgehead atoms. The summed E-state index contributed by atoms with van der Waals surface area (Å²) in [6, 6.07) is 17.4. The van der Waals surface area contributed by atoms with Gasteiger partial charge in [-0.1, -0.05) is 77.9 Å². The highest BCUT2D eigenvalue weighted by atomic mass is 16.6. The molecule has 0 aliphatic carbocycles. The van der Waals surface area contributed by atoms with Gasteiger partial charge in [0, 0.05) is 5.41 Å². The highest BCUT2D eigenvalue weighted by Crippen LogP contribution is 2.33. The fourth-order valence-electron chi connectivity index (χ4n) is 2.77. The van der Waals surface area contributed by atoms with E-state index in [4.69, 9.17) is 9.47 Å². The van der Waals surface area contributed by atoms with Crippen molar-refractivity contribution >= 4 is 0 Å². The molecule has 0 saturated carbocycles. The van der Waals surface area contributed by atoms with Crippen LogP contribution in [0.1, 0.15) is 64.2 Å². The molecule has 0 aromatic heterocycles. The van der Waals surface area contributed by atoms with Crippen molar-refractivity contribution in [1.29, 1.82) is 0 Å². The van der Waals surface area contributed by atoms with Gasteiger partial charge in [0.15, 0.2) is 0 Å². The van der Waals surface area contributed by atoms with E-state index < -0.39 is 0 Å². The standard InChI is InChI=1S/C21H26O2.C2H6/c1-15(2)16-5-7-17(8-6-16)21(3,4)18-9-11-19(12-10-18)22-13-20-14-23-20;1-2/h5-12,15,20H,13-14H2,1-4H3;1-2H3. The number of hydrogen-bond acceptors (Lipinski definition) is 2. The van der Waals surface area contributed by atoms with Gasteiger partial charge in [0.25, 0.3) is 0 Å². The summed E-state index contributed by atoms with van der Waals surface area (Å²) in [7, 11) is 0. The Hall–Kier alpha value is -1.80. The van der Waals surface area contributed by atoms with Gasteiger partial charge >= 0.3 is 0 Å². The maximum atomic E-state index is 5.72. The molecule has 0 amide bonds. The molecule has 2 heteroatoms. The van der Waals surface area contributed by atoms with Crippen molar-refractivity contribution in [3.05, 3.63) is 65.2 Å². The first-order valence-electron chi connectivity index (χ1n) is 9.42. The van der Waals surface area contributed by atoms with Gasteiger partial charge in [-0.2, -0.15) is 0 Å². The Morgan fingerprint density at radius 1 is 0.960 bits per heavy atom. The highest BCUT2D eigenvalue weighted by molar-refractivity contribution is 5.41. The van der Waals surface area contributed by atoms with E-state index in [1.54, 1.807) is 0 Å². The number of rotatable bonds is 6. The van der Waals surface area contributed by atoms with Gasteiger partial charge in [-0.25, -0.2) is 0 Å². The zero-order valence-corrected chi connectivity index (χ0v) is 16.5. The minimum atomic E-state index is -0.0202. The molecule has 1 atom stereocenters. The number of hydrogen-bond donors (Lipinski definition) is 0. The summed E-state index contributed by atoms with van der Waals surface area (Å²) in [6.45, 7) is 14.5. The first-order chi connectivity index (χ1) is 12.0. The van der Waals surface area contributed by atoms with Crippen LogP contribution in [0.25, 0.3) is 0 Å². The average Bonchev–Trinajstić information content (AvgIpc) is 3.46. The van der Waals surface area contributed by atoms with Gasteiger partial charge in [-0.15, -0.1) is 0 Å². The summed E-state index contributed by atoms with van der Waals surface area (Å²) in [6.07, 6.45) is 0.297. The SMILES string of the molecule is CC.CC(C)c1ccc(C(C)(C)c2ccc(OCC3CO3)cc2)cc1. The fraction of sp³-hybridized carbons (Fsp3) is 0.478. The molecule has 0 radical (unpaired) electrons. The van der Waals surface area contributed by atoms with Gasteiger partial charge in [0.2, 0.25) is 0 Å². The van der Waals surface area contributed by atoms with Crippen molar-refractivity contribution in [2.75, 3.05) is 13.2 Å². The van der Waals surface area contributed by atoms with Gasteiger partial charge in [-0.05, 0) is 34.7 Å². The van der Waals surface area contributed by atoms with Crippen LogP contribution in [0.4, 0.5) is 0 Å². The highest BCUT2D eigenvalue weighted by Gasteiger charge is 2.24. The average molecular weight is 341 g/mol. The molecule has 0 N–H and O–H groups in total. The Morgan fingerprint density at radius 2 is 1.44 bits per heavy atom. The molecule has 1 saturated heterocycles. The van der Waals surface area contributed by atoms with Crippen LogP contribution < -0.4 is 4.74 Å². The largest absolute Gasteiger partial charge is 0.491 e. The lowest BCUT2D eigenvalue weighted by atomic mass is 9.77. The zero-order valence-electron chi connectivity index (χ0n) is 16.5. The van der Waals surface area contributed by atoms with Crippen molar-refractivity contribution in [3.63, 3.8) is 0 Å². The first-order valence-corrected chi connectivity index (χ1v) is 9.42. The molecule has 1 unspecified atom stereocenters. The third-order valence-electron chi connectivity index (χ3n) is 4.71. The second kappa shape index (κ2) is 8.53. The van der Waals surface area contributed by atoms with Gasteiger partial charge < -0.3 is 9.47 Å². The maximum absolute atomic E-state index is 5.72. The van der Waals surface area contributed by atoms with E-state index in [1.807, 2.05) is 13.8 Å². The Labute approximate surface area is 153 Å². The summed E-state index contributed by atoms with van der Waals surface area (Å²) in [5.41, 5.74) is 4.00. The number of epoxide rings is 1. The van der Waals surface area contributed by atoms with E-state index in [2.05, 4.69) is 76.2 Å². The lowest BCUT2D eigenvalue weighted by Crippen LogP contribution is -2.18. The van der Waals surface area contributed by atoms with Gasteiger partial charge in [0.1, 0.15) is 18.5 Å². The minimum Gasteiger partial charge on any atom is -0.491 e. The molecule has 3 rings (SSSR count). The molecular formula is C23H32O2. The van der Waals surface area contributed by atoms with Gasteiger partial charge in [0.05, 0.1) is 6.61 Å². The molecule has 136 valence electrons. The summed E-state index contributed by atoms with van der Waals surface area (Å²) in [5.74, 6) is 1.48. The molecule has 1 fully saturated rings. The van der Waals surface area contributed by atoms with Crippen LogP contribution in [0.15, 0.2) is 48.5 Å². The van der Waals surface area contributed by atoms with Crippen molar-refractivity contribution in [2.24, 2.45) is 0 Å². The van der Waals surface area contributed by atoms with Crippen molar-refractivity contribution in [2.45, 2.75) is 59.0 Å². The molecule has 1 heterocycles. The minimum absolute atomic E-state index is 0.0202. The molecule has 1 aliphatic rings. The van der Waals surface area contributed by atoms with Crippen LogP contribution in [0.5, 0.6) is 5.75 Å². The Bertz CT molecular complexity index is 635.